The summed E-state index contributed by atoms with van der Waals surface area (Å²) >= 11 is 0. The Labute approximate surface area is 127 Å². The van der Waals surface area contributed by atoms with Gasteiger partial charge in [0.25, 0.3) is 0 Å². The van der Waals surface area contributed by atoms with Gasteiger partial charge in [-0.2, -0.15) is 13.2 Å². The van der Waals surface area contributed by atoms with Gasteiger partial charge in [0.15, 0.2) is 0 Å². The number of sulfone groups is 1. The molecule has 0 bridgehead atoms. The first-order valence-corrected chi connectivity index (χ1v) is 8.35. The van der Waals surface area contributed by atoms with Gasteiger partial charge in [-0.25, -0.2) is 13.2 Å². The Morgan fingerprint density at radius 1 is 1.32 bits per heavy atom. The molecule has 1 heterocycles. The van der Waals surface area contributed by atoms with Crippen LogP contribution in [0.15, 0.2) is 0 Å². The Bertz CT molecular complexity index is 498. The van der Waals surface area contributed by atoms with Gasteiger partial charge in [-0.05, 0) is 27.2 Å². The van der Waals surface area contributed by atoms with E-state index in [4.69, 9.17) is 9.47 Å². The first kappa shape index (κ1) is 19.0. The van der Waals surface area contributed by atoms with Crippen LogP contribution in [-0.2, 0) is 19.3 Å². The first-order chi connectivity index (χ1) is 9.82. The molecule has 1 aliphatic rings. The summed E-state index contributed by atoms with van der Waals surface area (Å²) in [6.07, 6.45) is -1.70. The van der Waals surface area contributed by atoms with Crippen LogP contribution in [0.5, 0.6) is 0 Å². The number of rotatable bonds is 3. The summed E-state index contributed by atoms with van der Waals surface area (Å²) in [5.41, 5.74) is -5.96. The molecule has 22 heavy (non-hydrogen) atoms. The molecule has 0 unspecified atom stereocenters. The van der Waals surface area contributed by atoms with Gasteiger partial charge in [-0.1, -0.05) is 0 Å². The summed E-state index contributed by atoms with van der Waals surface area (Å²) in [7, 11) is -5.18. The molecular formula is C12H20F3NO5S. The van der Waals surface area contributed by atoms with Gasteiger partial charge < -0.3 is 14.4 Å². The average Bonchev–Trinajstić information content (AvgIpc) is 2.33. The van der Waals surface area contributed by atoms with E-state index in [1.54, 1.807) is 20.8 Å². The minimum absolute atomic E-state index is 0.00227. The summed E-state index contributed by atoms with van der Waals surface area (Å²) in [6, 6.07) is 0. The molecule has 10 heteroatoms. The first-order valence-electron chi connectivity index (χ1n) is 6.70. The fourth-order valence-electron chi connectivity index (χ4n) is 1.79. The number of morpholine rings is 1. The Morgan fingerprint density at radius 2 is 1.91 bits per heavy atom. The van der Waals surface area contributed by atoms with E-state index in [0.717, 1.165) is 0 Å². The van der Waals surface area contributed by atoms with E-state index in [1.165, 1.54) is 4.90 Å². The third-order valence-electron chi connectivity index (χ3n) is 2.85. The Morgan fingerprint density at radius 3 is 2.41 bits per heavy atom. The van der Waals surface area contributed by atoms with E-state index < -0.39 is 38.9 Å². The number of carbonyl (C=O) groups excluding carboxylic acids is 1. The molecule has 1 saturated heterocycles. The topological polar surface area (TPSA) is 72.9 Å². The number of halogens is 3. The van der Waals surface area contributed by atoms with Crippen LogP contribution in [0.4, 0.5) is 18.0 Å². The summed E-state index contributed by atoms with van der Waals surface area (Å²) < 4.78 is 69.2. The van der Waals surface area contributed by atoms with Crippen molar-refractivity contribution in [2.24, 2.45) is 0 Å². The van der Waals surface area contributed by atoms with Crippen molar-refractivity contribution in [2.75, 3.05) is 25.4 Å². The van der Waals surface area contributed by atoms with Crippen LogP contribution in [0.25, 0.3) is 0 Å². The standard InChI is InChI=1S/C12H20F3NO5S/c1-11(2,3)21-10(17)16-5-6-20-9(8-16)4-7-22(18,19)12(13,14)15/h9H,4-8H2,1-3H3/t9-/m1/s1. The van der Waals surface area contributed by atoms with E-state index in [-0.39, 0.29) is 26.1 Å². The number of hydrogen-bond donors (Lipinski definition) is 0. The van der Waals surface area contributed by atoms with E-state index >= 15 is 0 Å². The van der Waals surface area contributed by atoms with Crippen molar-refractivity contribution in [2.45, 2.75) is 44.4 Å². The quantitative estimate of drug-likeness (QED) is 0.780. The average molecular weight is 347 g/mol. The van der Waals surface area contributed by atoms with Crippen molar-refractivity contribution in [3.05, 3.63) is 0 Å². The van der Waals surface area contributed by atoms with Crippen molar-refractivity contribution in [1.82, 2.24) is 4.90 Å². The van der Waals surface area contributed by atoms with Crippen LogP contribution in [0.1, 0.15) is 27.2 Å². The highest BCUT2D eigenvalue weighted by atomic mass is 32.2. The summed E-state index contributed by atoms with van der Waals surface area (Å²) in [6.45, 7) is 5.45. The van der Waals surface area contributed by atoms with E-state index in [2.05, 4.69) is 0 Å². The molecule has 1 amide bonds. The van der Waals surface area contributed by atoms with Crippen LogP contribution in [0, 0.1) is 0 Å². The van der Waals surface area contributed by atoms with Gasteiger partial charge in [0.1, 0.15) is 5.60 Å². The molecule has 1 fully saturated rings. The van der Waals surface area contributed by atoms with Gasteiger partial charge in [0.2, 0.25) is 9.84 Å². The fourth-order valence-corrected chi connectivity index (χ4v) is 2.59. The molecule has 1 rings (SSSR count). The lowest BCUT2D eigenvalue weighted by Crippen LogP contribution is -2.48. The third kappa shape index (κ3) is 5.64. The molecular weight excluding hydrogens is 327 g/mol. The van der Waals surface area contributed by atoms with Crippen LogP contribution >= 0.6 is 0 Å². The maximum atomic E-state index is 12.3. The zero-order valence-corrected chi connectivity index (χ0v) is 13.5. The molecule has 0 aromatic carbocycles. The molecule has 0 aromatic heterocycles. The Balaban J connectivity index is 2.56. The SMILES string of the molecule is CC(C)(C)OC(=O)N1CCO[C@H](CCS(=O)(=O)C(F)(F)F)C1. The molecule has 0 radical (unpaired) electrons. The summed E-state index contributed by atoms with van der Waals surface area (Å²) in [4.78, 5) is 13.2. The minimum Gasteiger partial charge on any atom is -0.444 e. The van der Waals surface area contributed by atoms with Gasteiger partial charge >= 0.3 is 11.6 Å². The van der Waals surface area contributed by atoms with Gasteiger partial charge in [0.05, 0.1) is 25.0 Å². The lowest BCUT2D eigenvalue weighted by Gasteiger charge is -2.34. The Kier molecular flexibility index (Phi) is 5.71. The van der Waals surface area contributed by atoms with Crippen molar-refractivity contribution < 1.29 is 35.9 Å². The van der Waals surface area contributed by atoms with Crippen LogP contribution in [0.3, 0.4) is 0 Å². The third-order valence-corrected chi connectivity index (χ3v) is 4.33. The van der Waals surface area contributed by atoms with Gasteiger partial charge in [0, 0.05) is 6.54 Å². The number of amides is 1. The molecule has 0 aromatic rings. The highest BCUT2D eigenvalue weighted by Gasteiger charge is 2.45. The fraction of sp³-hybridized carbons (Fsp3) is 0.917. The second-order valence-corrected chi connectivity index (χ2v) is 8.07. The van der Waals surface area contributed by atoms with Gasteiger partial charge in [-0.3, -0.25) is 0 Å². The Hall–Kier alpha value is -1.03. The molecule has 0 aliphatic carbocycles. The molecule has 1 aliphatic heterocycles. The highest BCUT2D eigenvalue weighted by molar-refractivity contribution is 7.92. The molecule has 130 valence electrons. The van der Waals surface area contributed by atoms with Gasteiger partial charge in [-0.15, -0.1) is 0 Å². The van der Waals surface area contributed by atoms with Crippen molar-refractivity contribution >= 4 is 15.9 Å². The number of alkyl halides is 3. The number of nitrogens with zero attached hydrogens (tertiary/aromatic N) is 1. The second-order valence-electron chi connectivity index (χ2n) is 5.97. The summed E-state index contributed by atoms with van der Waals surface area (Å²) in [5.74, 6) is -1.07. The lowest BCUT2D eigenvalue weighted by molar-refractivity contribution is -0.0484. The van der Waals surface area contributed by atoms with Crippen molar-refractivity contribution in [3.63, 3.8) is 0 Å². The maximum absolute atomic E-state index is 12.3. The smallest absolute Gasteiger partial charge is 0.444 e. The maximum Gasteiger partial charge on any atom is 0.497 e. The molecule has 0 N–H and O–H groups in total. The van der Waals surface area contributed by atoms with Crippen LogP contribution < -0.4 is 0 Å². The van der Waals surface area contributed by atoms with E-state index in [1.807, 2.05) is 0 Å². The summed E-state index contributed by atoms with van der Waals surface area (Å²) in [5, 5.41) is 0. The van der Waals surface area contributed by atoms with E-state index in [9.17, 15) is 26.4 Å². The number of ether oxygens (including phenoxy) is 2. The molecule has 6 nitrogen and oxygen atoms in total. The largest absolute Gasteiger partial charge is 0.497 e. The number of carbonyl (C=O) groups is 1. The van der Waals surface area contributed by atoms with Crippen molar-refractivity contribution in [1.29, 1.82) is 0 Å². The highest BCUT2D eigenvalue weighted by Crippen LogP contribution is 2.25. The minimum atomic E-state index is -5.27. The predicted molar refractivity (Wildman–Crippen MR) is 72.0 cm³/mol. The zero-order valence-electron chi connectivity index (χ0n) is 12.6. The molecule has 0 saturated carbocycles. The number of hydrogen-bond acceptors (Lipinski definition) is 5. The monoisotopic (exact) mass is 347 g/mol. The predicted octanol–water partition coefficient (Wildman–Crippen LogP) is 1.95. The van der Waals surface area contributed by atoms with E-state index in [0.29, 0.717) is 0 Å². The molecule has 0 spiro atoms. The normalized spacial score (nSPS) is 20.8. The molecule has 1 atom stereocenters. The lowest BCUT2D eigenvalue weighted by atomic mass is 10.2. The van der Waals surface area contributed by atoms with Crippen LogP contribution in [0.2, 0.25) is 0 Å². The van der Waals surface area contributed by atoms with Crippen molar-refractivity contribution in [3.8, 4) is 0 Å². The zero-order chi connectivity index (χ0) is 17.2. The van der Waals surface area contributed by atoms with Crippen LogP contribution in [-0.4, -0.2) is 62.1 Å². The second kappa shape index (κ2) is 6.61.